The van der Waals surface area contributed by atoms with Gasteiger partial charge >= 0.3 is 0 Å². The lowest BCUT2D eigenvalue weighted by Crippen LogP contribution is -2.74. The smallest absolute Gasteiger partial charge is 0.251 e. The Bertz CT molecular complexity index is 2190. The SMILES string of the molecule is C[C@H](NC(=O)[C@@H]1C[C@@H](O)CN1C(=O)[C@@H](NC(=O)COCCCCOc1ccc(C(=O)NC2C(C)(C)C(Oc3ccc(C#N)c(Cl)c3)C2(C)C)cc1)C(C)(C)C)c1ccc(C#N)cc1. The lowest BCUT2D eigenvalue weighted by atomic mass is 9.49. The number of benzene rings is 3. The average Bonchev–Trinajstić information content (AvgIpc) is 3.64. The van der Waals surface area contributed by atoms with E-state index in [1.54, 1.807) is 73.7 Å². The molecule has 2 fully saturated rings. The van der Waals surface area contributed by atoms with Gasteiger partial charge < -0.3 is 40.2 Å². The van der Waals surface area contributed by atoms with E-state index in [1.807, 2.05) is 54.5 Å². The molecule has 4 atom stereocenters. The highest BCUT2D eigenvalue weighted by Gasteiger charge is 2.64. The molecule has 2 aliphatic rings. The van der Waals surface area contributed by atoms with Gasteiger partial charge in [0.15, 0.2) is 0 Å². The predicted molar refractivity (Wildman–Crippen MR) is 237 cm³/mol. The molecular formula is C48H59ClN6O8. The molecule has 1 aliphatic carbocycles. The second kappa shape index (κ2) is 20.2. The average molecular weight is 883 g/mol. The number of nitrogens with one attached hydrogen (secondary N) is 3. The van der Waals surface area contributed by atoms with Crippen LogP contribution in [0.15, 0.2) is 66.7 Å². The molecular weight excluding hydrogens is 824 g/mol. The number of nitrogens with zero attached hydrogens (tertiary/aromatic N) is 3. The Hall–Kier alpha value is -5.67. The summed E-state index contributed by atoms with van der Waals surface area (Å²) in [6.45, 7) is 15.8. The molecule has 3 aromatic rings. The van der Waals surface area contributed by atoms with Crippen molar-refractivity contribution in [3.63, 3.8) is 0 Å². The highest BCUT2D eigenvalue weighted by Crippen LogP contribution is 2.55. The number of carbonyl (C=O) groups excluding carboxylic acids is 4. The minimum atomic E-state index is -0.985. The monoisotopic (exact) mass is 882 g/mol. The summed E-state index contributed by atoms with van der Waals surface area (Å²) >= 11 is 6.22. The molecule has 63 heavy (non-hydrogen) atoms. The summed E-state index contributed by atoms with van der Waals surface area (Å²) in [5, 5.41) is 38.0. The highest BCUT2D eigenvalue weighted by molar-refractivity contribution is 6.31. The Balaban J connectivity index is 1.02. The van der Waals surface area contributed by atoms with Crippen LogP contribution in [0.2, 0.25) is 5.02 Å². The quantitative estimate of drug-likeness (QED) is 0.112. The number of hydrogen-bond donors (Lipinski definition) is 4. The molecule has 1 heterocycles. The minimum Gasteiger partial charge on any atom is -0.494 e. The van der Waals surface area contributed by atoms with E-state index in [0.717, 1.165) is 5.56 Å². The van der Waals surface area contributed by atoms with Crippen molar-refractivity contribution in [1.29, 1.82) is 10.5 Å². The first-order valence-electron chi connectivity index (χ1n) is 21.2. The maximum atomic E-state index is 13.9. The van der Waals surface area contributed by atoms with Crippen LogP contribution in [0.25, 0.3) is 0 Å². The Morgan fingerprint density at radius 2 is 1.54 bits per heavy atom. The zero-order valence-corrected chi connectivity index (χ0v) is 38.0. The van der Waals surface area contributed by atoms with E-state index in [0.29, 0.717) is 52.7 Å². The number of nitriles is 2. The molecule has 15 heteroatoms. The number of hydrogen-bond acceptors (Lipinski definition) is 10. The number of likely N-dealkylation sites (tertiary alicyclic amines) is 1. The number of unbranched alkanes of at least 4 members (excludes halogenated alkanes) is 1. The van der Waals surface area contributed by atoms with E-state index < -0.39 is 58.2 Å². The van der Waals surface area contributed by atoms with E-state index in [9.17, 15) is 29.5 Å². The van der Waals surface area contributed by atoms with Crippen molar-refractivity contribution in [2.45, 2.75) is 111 Å². The van der Waals surface area contributed by atoms with Gasteiger partial charge in [0.25, 0.3) is 5.91 Å². The largest absolute Gasteiger partial charge is 0.494 e. The number of halogens is 1. The normalized spacial score (nSPS) is 20.8. The number of aliphatic hydroxyl groups excluding tert-OH is 1. The Labute approximate surface area is 375 Å². The third-order valence-corrected chi connectivity index (χ3v) is 12.2. The fourth-order valence-corrected chi connectivity index (χ4v) is 8.95. The van der Waals surface area contributed by atoms with Crippen LogP contribution in [0.4, 0.5) is 0 Å². The van der Waals surface area contributed by atoms with Crippen LogP contribution in [0, 0.1) is 38.9 Å². The zero-order chi connectivity index (χ0) is 46.3. The molecule has 0 bridgehead atoms. The number of carbonyl (C=O) groups is 4. The second-order valence-electron chi connectivity index (χ2n) is 18.7. The third-order valence-electron chi connectivity index (χ3n) is 11.9. The van der Waals surface area contributed by atoms with E-state index in [-0.39, 0.29) is 44.2 Å². The topological polar surface area (TPSA) is 203 Å². The van der Waals surface area contributed by atoms with Crippen molar-refractivity contribution in [3.8, 4) is 23.6 Å². The summed E-state index contributed by atoms with van der Waals surface area (Å²) in [6, 6.07) is 20.4. The lowest BCUT2D eigenvalue weighted by Gasteiger charge is -2.63. The van der Waals surface area contributed by atoms with Crippen LogP contribution in [0.3, 0.4) is 0 Å². The molecule has 0 radical (unpaired) electrons. The molecule has 1 saturated heterocycles. The van der Waals surface area contributed by atoms with E-state index in [2.05, 4.69) is 22.0 Å². The standard InChI is InChI=1S/C48H59ClN6O8/c1-29(31-13-11-30(25-50)12-14-31)52-42(59)38-23-34(56)27-55(38)43(60)40(46(2,3)4)53-39(57)28-61-21-9-10-22-62-35-18-15-32(16-19-35)41(58)54-44-47(5,6)45(48(44,7)8)63-36-20-17-33(26-51)37(49)24-36/h11-20,24,29,34,38,40,44-45,56H,9-10,21-23,27-28H2,1-8H3,(H,52,59)(H,53,57)(H,54,58)/t29-,34+,38-,40+,44?,45?/m0/s1. The summed E-state index contributed by atoms with van der Waals surface area (Å²) in [5.41, 5.74) is 0.637. The molecule has 0 aromatic heterocycles. The van der Waals surface area contributed by atoms with Crippen LogP contribution < -0.4 is 25.4 Å². The number of aliphatic hydroxyl groups is 1. The van der Waals surface area contributed by atoms with Gasteiger partial charge in [-0.15, -0.1) is 0 Å². The van der Waals surface area contributed by atoms with Crippen molar-refractivity contribution in [1.82, 2.24) is 20.9 Å². The summed E-state index contributed by atoms with van der Waals surface area (Å²) < 4.78 is 17.8. The van der Waals surface area contributed by atoms with Crippen molar-refractivity contribution in [2.24, 2.45) is 16.2 Å². The number of ether oxygens (including phenoxy) is 3. The van der Waals surface area contributed by atoms with Gasteiger partial charge in [-0.3, -0.25) is 19.2 Å². The number of rotatable bonds is 17. The van der Waals surface area contributed by atoms with Crippen molar-refractivity contribution >= 4 is 35.2 Å². The van der Waals surface area contributed by atoms with Gasteiger partial charge in [0.1, 0.15) is 42.4 Å². The van der Waals surface area contributed by atoms with Gasteiger partial charge in [-0.05, 0) is 79.3 Å². The van der Waals surface area contributed by atoms with Crippen molar-refractivity contribution in [3.05, 3.63) is 94.0 Å². The summed E-state index contributed by atoms with van der Waals surface area (Å²) in [7, 11) is 0. The molecule has 5 rings (SSSR count). The van der Waals surface area contributed by atoms with Crippen LogP contribution >= 0.6 is 11.6 Å². The summed E-state index contributed by atoms with van der Waals surface area (Å²) in [5.74, 6) is -0.410. The predicted octanol–water partition coefficient (Wildman–Crippen LogP) is 6.24. The fourth-order valence-electron chi connectivity index (χ4n) is 8.74. The first-order chi connectivity index (χ1) is 29.7. The molecule has 0 spiro atoms. The first kappa shape index (κ1) is 48.4. The van der Waals surface area contributed by atoms with E-state index in [4.69, 9.17) is 31.1 Å². The van der Waals surface area contributed by atoms with Gasteiger partial charge in [-0.25, -0.2) is 0 Å². The molecule has 4 N–H and O–H groups in total. The maximum Gasteiger partial charge on any atom is 0.251 e. The van der Waals surface area contributed by atoms with Gasteiger partial charge in [-0.1, -0.05) is 72.2 Å². The molecule has 336 valence electrons. The van der Waals surface area contributed by atoms with Gasteiger partial charge in [0.05, 0.1) is 41.0 Å². The van der Waals surface area contributed by atoms with Crippen molar-refractivity contribution < 1.29 is 38.5 Å². The van der Waals surface area contributed by atoms with Crippen LogP contribution in [0.5, 0.6) is 11.5 Å². The molecule has 3 aromatic carbocycles. The maximum absolute atomic E-state index is 13.9. The zero-order valence-electron chi connectivity index (χ0n) is 37.3. The molecule has 14 nitrogen and oxygen atoms in total. The Morgan fingerprint density at radius 3 is 2.14 bits per heavy atom. The van der Waals surface area contributed by atoms with Crippen LogP contribution in [0.1, 0.15) is 108 Å². The Morgan fingerprint density at radius 1 is 0.905 bits per heavy atom. The van der Waals surface area contributed by atoms with E-state index in [1.165, 1.54) is 4.90 Å². The van der Waals surface area contributed by atoms with Crippen molar-refractivity contribution in [2.75, 3.05) is 26.4 Å². The molecule has 4 amide bonds. The number of β-amino-alcohol motifs (C(OH)–C–C–N with tert-alkyl or cyclic N) is 1. The van der Waals surface area contributed by atoms with Gasteiger partial charge in [0.2, 0.25) is 17.7 Å². The van der Waals surface area contributed by atoms with Gasteiger partial charge in [-0.2, -0.15) is 10.5 Å². The molecule has 1 aliphatic heterocycles. The van der Waals surface area contributed by atoms with E-state index >= 15 is 0 Å². The summed E-state index contributed by atoms with van der Waals surface area (Å²) in [4.78, 5) is 55.0. The van der Waals surface area contributed by atoms with Crippen LogP contribution in [-0.2, 0) is 19.1 Å². The highest BCUT2D eigenvalue weighted by atomic mass is 35.5. The van der Waals surface area contributed by atoms with Gasteiger partial charge in [0, 0.05) is 48.1 Å². The second-order valence-corrected chi connectivity index (χ2v) is 19.1. The summed E-state index contributed by atoms with van der Waals surface area (Å²) in [6.07, 6.45) is 0.186. The fraction of sp³-hybridized carbons (Fsp3) is 0.500. The minimum absolute atomic E-state index is 0.0445. The Kier molecular flexibility index (Phi) is 15.5. The molecule has 0 unspecified atom stereocenters. The molecule has 1 saturated carbocycles. The lowest BCUT2D eigenvalue weighted by molar-refractivity contribution is -0.164. The third kappa shape index (κ3) is 11.7. The first-order valence-corrected chi connectivity index (χ1v) is 21.6. The van der Waals surface area contributed by atoms with Crippen LogP contribution in [-0.4, -0.2) is 90.3 Å². The number of amides is 4.